The maximum absolute atomic E-state index is 13.9. The second-order valence-electron chi connectivity index (χ2n) is 4.82. The van der Waals surface area contributed by atoms with E-state index in [1.807, 2.05) is 0 Å². The van der Waals surface area contributed by atoms with Crippen molar-refractivity contribution in [2.45, 2.75) is 19.1 Å². The minimum atomic E-state index is -4.57. The molecule has 2 rings (SSSR count). The number of nitrogens with zero attached hydrogens (tertiary/aromatic N) is 1. The molecule has 0 unspecified atom stereocenters. The van der Waals surface area contributed by atoms with Crippen molar-refractivity contribution >= 4 is 11.6 Å². The van der Waals surface area contributed by atoms with E-state index in [1.54, 1.807) is 6.92 Å². The Labute approximate surface area is 119 Å². The fraction of sp³-hybridized carbons (Fsp3) is 0.538. The maximum Gasteiger partial charge on any atom is 0.408 e. The Kier molecular flexibility index (Phi) is 4.56. The van der Waals surface area contributed by atoms with Crippen molar-refractivity contribution in [2.24, 2.45) is 0 Å². The van der Waals surface area contributed by atoms with Gasteiger partial charge in [-0.3, -0.25) is 4.90 Å². The van der Waals surface area contributed by atoms with E-state index in [-0.39, 0.29) is 18.1 Å². The highest BCUT2D eigenvalue weighted by atomic mass is 35.5. The summed E-state index contributed by atoms with van der Waals surface area (Å²) in [6.07, 6.45) is -4.57. The molecule has 1 aliphatic heterocycles. The van der Waals surface area contributed by atoms with Crippen molar-refractivity contribution in [1.82, 2.24) is 10.2 Å². The normalized spacial score (nSPS) is 19.1. The molecule has 1 N–H and O–H groups in total. The van der Waals surface area contributed by atoms with E-state index < -0.39 is 23.6 Å². The fourth-order valence-electron chi connectivity index (χ4n) is 2.42. The number of aryl methyl sites for hydroxylation is 1. The van der Waals surface area contributed by atoms with Crippen molar-refractivity contribution in [1.29, 1.82) is 0 Å². The van der Waals surface area contributed by atoms with E-state index in [0.717, 1.165) is 6.07 Å². The Balaban J connectivity index is 2.49. The van der Waals surface area contributed by atoms with Crippen molar-refractivity contribution in [2.75, 3.05) is 26.2 Å². The number of piperazine rings is 1. The van der Waals surface area contributed by atoms with Crippen LogP contribution >= 0.6 is 11.6 Å². The smallest absolute Gasteiger partial charge is 0.314 e. The van der Waals surface area contributed by atoms with Gasteiger partial charge in [-0.25, -0.2) is 4.39 Å². The molecule has 2 nitrogen and oxygen atoms in total. The highest BCUT2D eigenvalue weighted by molar-refractivity contribution is 6.32. The molecule has 20 heavy (non-hydrogen) atoms. The first-order valence-corrected chi connectivity index (χ1v) is 6.66. The van der Waals surface area contributed by atoms with Gasteiger partial charge in [0.25, 0.3) is 0 Å². The molecule has 7 heteroatoms. The summed E-state index contributed by atoms with van der Waals surface area (Å²) in [7, 11) is 0. The molecule has 112 valence electrons. The van der Waals surface area contributed by atoms with Crippen LogP contribution in [0.4, 0.5) is 17.6 Å². The van der Waals surface area contributed by atoms with Crippen LogP contribution in [0.1, 0.15) is 17.2 Å². The van der Waals surface area contributed by atoms with Gasteiger partial charge in [0.05, 0.1) is 5.02 Å². The van der Waals surface area contributed by atoms with E-state index in [2.05, 4.69) is 5.32 Å². The number of nitrogens with one attached hydrogen (secondary N) is 1. The average Bonchev–Trinajstić information content (AvgIpc) is 2.39. The largest absolute Gasteiger partial charge is 0.408 e. The number of benzene rings is 1. The molecule has 0 spiro atoms. The monoisotopic (exact) mass is 310 g/mol. The average molecular weight is 311 g/mol. The number of hydrogen-bond donors (Lipinski definition) is 1. The zero-order valence-electron chi connectivity index (χ0n) is 10.9. The quantitative estimate of drug-likeness (QED) is 0.843. The lowest BCUT2D eigenvalue weighted by atomic mass is 10.0. The number of alkyl halides is 3. The third kappa shape index (κ3) is 3.07. The highest BCUT2D eigenvalue weighted by Gasteiger charge is 2.47. The lowest BCUT2D eigenvalue weighted by Crippen LogP contribution is -2.49. The standard InChI is InChI=1S/C13H15ClF4N2/c1-8-2-3-9(15)10(11(8)14)12(13(16,17)18)20-6-4-19-5-7-20/h2-3,12,19H,4-7H2,1H3/t12-/m1/s1. The summed E-state index contributed by atoms with van der Waals surface area (Å²) in [6.45, 7) is 2.85. The van der Waals surface area contributed by atoms with Gasteiger partial charge in [0.15, 0.2) is 0 Å². The second-order valence-corrected chi connectivity index (χ2v) is 5.20. The second kappa shape index (κ2) is 5.87. The first-order valence-electron chi connectivity index (χ1n) is 6.28. The summed E-state index contributed by atoms with van der Waals surface area (Å²) in [4.78, 5) is 1.22. The fourth-order valence-corrected chi connectivity index (χ4v) is 2.68. The van der Waals surface area contributed by atoms with E-state index in [1.165, 1.54) is 11.0 Å². The lowest BCUT2D eigenvalue weighted by Gasteiger charge is -2.36. The Morgan fingerprint density at radius 1 is 1.25 bits per heavy atom. The molecular weight excluding hydrogens is 296 g/mol. The van der Waals surface area contributed by atoms with E-state index in [4.69, 9.17) is 11.6 Å². The highest BCUT2D eigenvalue weighted by Crippen LogP contribution is 2.42. The van der Waals surface area contributed by atoms with Crippen molar-refractivity contribution in [3.05, 3.63) is 34.1 Å². The van der Waals surface area contributed by atoms with Gasteiger partial charge in [0, 0.05) is 31.7 Å². The number of rotatable bonds is 2. The van der Waals surface area contributed by atoms with Crippen LogP contribution in [-0.4, -0.2) is 37.3 Å². The molecule has 1 heterocycles. The molecule has 1 fully saturated rings. The predicted molar refractivity (Wildman–Crippen MR) is 69.4 cm³/mol. The molecule has 1 aromatic carbocycles. The van der Waals surface area contributed by atoms with Crippen LogP contribution in [-0.2, 0) is 0 Å². The topological polar surface area (TPSA) is 15.3 Å². The molecule has 0 aromatic heterocycles. The van der Waals surface area contributed by atoms with Gasteiger partial charge in [-0.05, 0) is 18.6 Å². The molecule has 0 saturated carbocycles. The van der Waals surface area contributed by atoms with Crippen LogP contribution in [0, 0.1) is 12.7 Å². The van der Waals surface area contributed by atoms with Gasteiger partial charge in [-0.2, -0.15) is 13.2 Å². The summed E-state index contributed by atoms with van der Waals surface area (Å²) in [5, 5.41) is 2.83. The zero-order chi connectivity index (χ0) is 14.9. The molecule has 0 bridgehead atoms. The molecule has 1 atom stereocenters. The number of halogens is 5. The van der Waals surface area contributed by atoms with Gasteiger partial charge in [-0.1, -0.05) is 17.7 Å². The SMILES string of the molecule is Cc1ccc(F)c([C@@H](N2CCNCC2)C(F)(F)F)c1Cl. The summed E-state index contributed by atoms with van der Waals surface area (Å²) in [5.41, 5.74) is -0.0338. The van der Waals surface area contributed by atoms with Gasteiger partial charge >= 0.3 is 6.18 Å². The van der Waals surface area contributed by atoms with Crippen LogP contribution in [0.15, 0.2) is 12.1 Å². The minimum absolute atomic E-state index is 0.147. The van der Waals surface area contributed by atoms with Crippen molar-refractivity contribution in [3.8, 4) is 0 Å². The molecule has 0 radical (unpaired) electrons. The third-order valence-corrected chi connectivity index (χ3v) is 3.92. The Morgan fingerprint density at radius 2 is 1.85 bits per heavy atom. The van der Waals surface area contributed by atoms with Gasteiger partial charge < -0.3 is 5.32 Å². The molecule has 0 aliphatic carbocycles. The predicted octanol–water partition coefficient (Wildman–Crippen LogP) is 3.30. The summed E-state index contributed by atoms with van der Waals surface area (Å²) in [6, 6.07) is 0.418. The van der Waals surface area contributed by atoms with E-state index in [9.17, 15) is 17.6 Å². The first kappa shape index (κ1) is 15.5. The van der Waals surface area contributed by atoms with Crippen molar-refractivity contribution < 1.29 is 17.6 Å². The van der Waals surface area contributed by atoms with Gasteiger partial charge in [0.2, 0.25) is 0 Å². The summed E-state index contributed by atoms with van der Waals surface area (Å²) >= 11 is 5.94. The molecule has 0 amide bonds. The summed E-state index contributed by atoms with van der Waals surface area (Å²) in [5.74, 6) is -0.915. The van der Waals surface area contributed by atoms with Crippen LogP contribution in [0.3, 0.4) is 0 Å². The van der Waals surface area contributed by atoms with Crippen LogP contribution in [0.25, 0.3) is 0 Å². The first-order chi connectivity index (χ1) is 9.32. The third-order valence-electron chi connectivity index (χ3n) is 3.42. The Bertz CT molecular complexity index is 484. The van der Waals surface area contributed by atoms with Gasteiger partial charge in [0.1, 0.15) is 11.9 Å². The van der Waals surface area contributed by atoms with E-state index >= 15 is 0 Å². The zero-order valence-corrected chi connectivity index (χ0v) is 11.7. The Morgan fingerprint density at radius 3 is 2.40 bits per heavy atom. The molecular formula is C13H15ClF4N2. The van der Waals surface area contributed by atoms with Crippen LogP contribution < -0.4 is 5.32 Å². The van der Waals surface area contributed by atoms with Gasteiger partial charge in [-0.15, -0.1) is 0 Å². The van der Waals surface area contributed by atoms with Crippen LogP contribution in [0.2, 0.25) is 5.02 Å². The molecule has 1 aromatic rings. The lowest BCUT2D eigenvalue weighted by molar-refractivity contribution is -0.188. The van der Waals surface area contributed by atoms with E-state index in [0.29, 0.717) is 18.7 Å². The number of hydrogen-bond acceptors (Lipinski definition) is 2. The maximum atomic E-state index is 13.9. The Hall–Kier alpha value is -0.850. The molecule has 1 aliphatic rings. The van der Waals surface area contributed by atoms with Crippen LogP contribution in [0.5, 0.6) is 0 Å². The minimum Gasteiger partial charge on any atom is -0.314 e. The molecule has 1 saturated heterocycles. The summed E-state index contributed by atoms with van der Waals surface area (Å²) < 4.78 is 54.1. The van der Waals surface area contributed by atoms with Crippen molar-refractivity contribution in [3.63, 3.8) is 0 Å².